The molecule has 2 aromatic heterocycles. The number of esters is 1. The highest BCUT2D eigenvalue weighted by Gasteiger charge is 2.17. The summed E-state index contributed by atoms with van der Waals surface area (Å²) < 4.78 is 5.23. The molecule has 0 aliphatic heterocycles. The predicted molar refractivity (Wildman–Crippen MR) is 96.1 cm³/mol. The number of hydrogen-bond acceptors (Lipinski definition) is 4. The summed E-state index contributed by atoms with van der Waals surface area (Å²) in [6.45, 7) is 7.15. The van der Waals surface area contributed by atoms with Gasteiger partial charge in [0.1, 0.15) is 0 Å². The zero-order valence-corrected chi connectivity index (χ0v) is 14.8. The largest absolute Gasteiger partial charge is 0.454 e. The molecule has 0 atom stereocenters. The first-order chi connectivity index (χ1) is 11.8. The first-order valence-electron chi connectivity index (χ1n) is 8.09. The molecule has 1 aromatic carbocycles. The number of H-pyrrole nitrogens is 1. The zero-order valence-electron chi connectivity index (χ0n) is 14.8. The van der Waals surface area contributed by atoms with Crippen LogP contribution in [0, 0.1) is 27.7 Å². The molecule has 1 N–H and O–H groups in total. The molecule has 0 aliphatic carbocycles. The molecule has 5 heteroatoms. The molecular weight excluding hydrogens is 316 g/mol. The maximum absolute atomic E-state index is 12.4. The van der Waals surface area contributed by atoms with Gasteiger partial charge in [-0.15, -0.1) is 0 Å². The van der Waals surface area contributed by atoms with Crippen molar-refractivity contribution in [3.8, 4) is 0 Å². The fraction of sp³-hybridized carbons (Fsp3) is 0.250. The highest BCUT2D eigenvalue weighted by Crippen LogP contribution is 2.19. The van der Waals surface area contributed by atoms with Gasteiger partial charge in [-0.2, -0.15) is 0 Å². The molecule has 2 heterocycles. The number of benzene rings is 1. The van der Waals surface area contributed by atoms with Crippen LogP contribution in [0.1, 0.15) is 43.4 Å². The highest BCUT2D eigenvalue weighted by molar-refractivity contribution is 6.01. The van der Waals surface area contributed by atoms with Crippen molar-refractivity contribution in [2.24, 2.45) is 0 Å². The Morgan fingerprint density at radius 2 is 1.80 bits per heavy atom. The van der Waals surface area contributed by atoms with Crippen LogP contribution in [0.4, 0.5) is 0 Å². The molecule has 3 rings (SSSR count). The molecule has 0 bridgehead atoms. The summed E-state index contributed by atoms with van der Waals surface area (Å²) in [7, 11) is 0. The fourth-order valence-electron chi connectivity index (χ4n) is 2.90. The molecule has 0 fully saturated rings. The SMILES string of the molecule is Cc1ccc2nc(C)c(C(=O)OCC(=O)c3cc(C)[nH]c3C)cc2c1. The first-order valence-corrected chi connectivity index (χ1v) is 8.09. The van der Waals surface area contributed by atoms with Gasteiger partial charge in [-0.05, 0) is 52.0 Å². The van der Waals surface area contributed by atoms with Crippen LogP contribution in [0.5, 0.6) is 0 Å². The van der Waals surface area contributed by atoms with Crippen LogP contribution < -0.4 is 0 Å². The second-order valence-electron chi connectivity index (χ2n) is 6.31. The number of aromatic nitrogens is 2. The molecule has 0 radical (unpaired) electrons. The van der Waals surface area contributed by atoms with Gasteiger partial charge < -0.3 is 9.72 Å². The van der Waals surface area contributed by atoms with E-state index in [0.717, 1.165) is 27.9 Å². The number of fused-ring (bicyclic) bond motifs is 1. The Hall–Kier alpha value is -2.95. The monoisotopic (exact) mass is 336 g/mol. The Balaban J connectivity index is 1.79. The van der Waals surface area contributed by atoms with Crippen molar-refractivity contribution >= 4 is 22.7 Å². The third-order valence-corrected chi connectivity index (χ3v) is 4.17. The molecule has 0 unspecified atom stereocenters. The normalized spacial score (nSPS) is 10.9. The van der Waals surface area contributed by atoms with Gasteiger partial charge in [-0.1, -0.05) is 11.6 Å². The van der Waals surface area contributed by atoms with Gasteiger partial charge in [0.2, 0.25) is 5.78 Å². The van der Waals surface area contributed by atoms with E-state index in [9.17, 15) is 9.59 Å². The summed E-state index contributed by atoms with van der Waals surface area (Å²) in [5.41, 5.74) is 5.11. The van der Waals surface area contributed by atoms with E-state index in [2.05, 4.69) is 9.97 Å². The molecule has 128 valence electrons. The van der Waals surface area contributed by atoms with E-state index in [1.54, 1.807) is 19.1 Å². The fourth-order valence-corrected chi connectivity index (χ4v) is 2.90. The van der Waals surface area contributed by atoms with Crippen LogP contribution in [0.15, 0.2) is 30.3 Å². The van der Waals surface area contributed by atoms with E-state index in [4.69, 9.17) is 4.74 Å². The maximum Gasteiger partial charge on any atom is 0.340 e. The van der Waals surface area contributed by atoms with Crippen LogP contribution in [0.2, 0.25) is 0 Å². The number of nitrogens with one attached hydrogen (secondary N) is 1. The van der Waals surface area contributed by atoms with Gasteiger partial charge in [0.15, 0.2) is 6.61 Å². The number of carbonyl (C=O) groups is 2. The third-order valence-electron chi connectivity index (χ3n) is 4.17. The summed E-state index contributed by atoms with van der Waals surface area (Å²) in [6.07, 6.45) is 0. The summed E-state index contributed by atoms with van der Waals surface area (Å²) in [4.78, 5) is 32.2. The molecular formula is C20H20N2O3. The molecule has 3 aromatic rings. The first kappa shape index (κ1) is 16.9. The van der Waals surface area contributed by atoms with E-state index >= 15 is 0 Å². The quantitative estimate of drug-likeness (QED) is 0.580. The topological polar surface area (TPSA) is 72.0 Å². The molecule has 5 nitrogen and oxygen atoms in total. The van der Waals surface area contributed by atoms with Gasteiger partial charge in [0, 0.05) is 22.3 Å². The van der Waals surface area contributed by atoms with Crippen molar-refractivity contribution in [1.29, 1.82) is 0 Å². The number of hydrogen-bond donors (Lipinski definition) is 1. The Bertz CT molecular complexity index is 986. The number of nitrogens with zero attached hydrogens (tertiary/aromatic N) is 1. The van der Waals surface area contributed by atoms with Crippen molar-refractivity contribution in [2.45, 2.75) is 27.7 Å². The number of pyridine rings is 1. The maximum atomic E-state index is 12.4. The Morgan fingerprint density at radius 1 is 1.04 bits per heavy atom. The summed E-state index contributed by atoms with van der Waals surface area (Å²) in [6, 6.07) is 9.40. The van der Waals surface area contributed by atoms with Gasteiger partial charge in [0.05, 0.1) is 16.8 Å². The Labute approximate surface area is 146 Å². The summed E-state index contributed by atoms with van der Waals surface area (Å²) >= 11 is 0. The van der Waals surface area contributed by atoms with Gasteiger partial charge in [-0.3, -0.25) is 9.78 Å². The average molecular weight is 336 g/mol. The molecule has 0 amide bonds. The average Bonchev–Trinajstić information content (AvgIpc) is 2.90. The minimum atomic E-state index is -0.535. The van der Waals surface area contributed by atoms with E-state index in [-0.39, 0.29) is 12.4 Å². The zero-order chi connectivity index (χ0) is 18.1. The minimum Gasteiger partial charge on any atom is -0.454 e. The summed E-state index contributed by atoms with van der Waals surface area (Å²) in [5, 5.41) is 0.876. The highest BCUT2D eigenvalue weighted by atomic mass is 16.5. The van der Waals surface area contributed by atoms with E-state index in [1.165, 1.54) is 0 Å². The second-order valence-corrected chi connectivity index (χ2v) is 6.31. The molecule has 0 saturated carbocycles. The number of ether oxygens (including phenoxy) is 1. The van der Waals surface area contributed by atoms with Gasteiger partial charge in [-0.25, -0.2) is 4.79 Å². The smallest absolute Gasteiger partial charge is 0.340 e. The van der Waals surface area contributed by atoms with Gasteiger partial charge >= 0.3 is 5.97 Å². The van der Waals surface area contributed by atoms with E-state index in [0.29, 0.717) is 16.8 Å². The van der Waals surface area contributed by atoms with Gasteiger partial charge in [0.25, 0.3) is 0 Å². The number of rotatable bonds is 4. The van der Waals surface area contributed by atoms with E-state index < -0.39 is 5.97 Å². The van der Waals surface area contributed by atoms with Crippen LogP contribution in [0.3, 0.4) is 0 Å². The Morgan fingerprint density at radius 3 is 2.48 bits per heavy atom. The Kier molecular flexibility index (Phi) is 4.40. The number of carbonyl (C=O) groups excluding carboxylic acids is 2. The van der Waals surface area contributed by atoms with Crippen LogP contribution in [-0.4, -0.2) is 28.3 Å². The standard InChI is InChI=1S/C20H20N2O3/c1-11-5-6-18-15(7-11)9-17(14(4)22-18)20(24)25-10-19(23)16-8-12(2)21-13(16)3/h5-9,21H,10H2,1-4H3. The van der Waals surface area contributed by atoms with Crippen LogP contribution in [0.25, 0.3) is 10.9 Å². The minimum absolute atomic E-state index is 0.225. The number of Topliss-reactive ketones (excluding diaryl/α,β-unsaturated/α-hetero) is 1. The molecule has 25 heavy (non-hydrogen) atoms. The lowest BCUT2D eigenvalue weighted by atomic mass is 10.1. The second kappa shape index (κ2) is 6.51. The number of aromatic amines is 1. The van der Waals surface area contributed by atoms with Crippen molar-refractivity contribution in [2.75, 3.05) is 6.61 Å². The van der Waals surface area contributed by atoms with Crippen molar-refractivity contribution in [3.05, 3.63) is 64.1 Å². The lowest BCUT2D eigenvalue weighted by Crippen LogP contribution is -2.15. The van der Waals surface area contributed by atoms with Crippen molar-refractivity contribution < 1.29 is 14.3 Å². The lowest BCUT2D eigenvalue weighted by Gasteiger charge is -2.08. The third kappa shape index (κ3) is 3.45. The molecule has 0 spiro atoms. The molecule has 0 aliphatic rings. The summed E-state index contributed by atoms with van der Waals surface area (Å²) in [5.74, 6) is -0.760. The number of aryl methyl sites for hydroxylation is 4. The van der Waals surface area contributed by atoms with E-state index in [1.807, 2.05) is 39.0 Å². The predicted octanol–water partition coefficient (Wildman–Crippen LogP) is 3.84. The lowest BCUT2D eigenvalue weighted by molar-refractivity contribution is 0.0473. The van der Waals surface area contributed by atoms with Crippen molar-refractivity contribution in [1.82, 2.24) is 9.97 Å². The van der Waals surface area contributed by atoms with Crippen molar-refractivity contribution in [3.63, 3.8) is 0 Å². The molecule has 0 saturated heterocycles. The van der Waals surface area contributed by atoms with Crippen LogP contribution >= 0.6 is 0 Å². The number of ketones is 1. The van der Waals surface area contributed by atoms with Crippen LogP contribution in [-0.2, 0) is 4.74 Å².